The lowest BCUT2D eigenvalue weighted by Crippen LogP contribution is -2.33. The average molecular weight is 334 g/mol. The summed E-state index contributed by atoms with van der Waals surface area (Å²) in [4.78, 5) is 8.13. The number of rotatable bonds is 4. The fourth-order valence-corrected chi connectivity index (χ4v) is 2.75. The quantitative estimate of drug-likeness (QED) is 0.870. The van der Waals surface area contributed by atoms with Gasteiger partial charge in [-0.1, -0.05) is 12.1 Å². The summed E-state index contributed by atoms with van der Waals surface area (Å²) < 4.78 is 28.4. The van der Waals surface area contributed by atoms with E-state index in [4.69, 9.17) is 4.74 Å². The van der Waals surface area contributed by atoms with Crippen LogP contribution in [0, 0.1) is 0 Å². The molecule has 7 nitrogen and oxygen atoms in total. The molecular formula is C15H18N4O3S. The zero-order valence-electron chi connectivity index (χ0n) is 12.7. The van der Waals surface area contributed by atoms with E-state index in [0.29, 0.717) is 12.6 Å². The molecule has 0 aliphatic carbocycles. The molecule has 0 spiro atoms. The molecule has 1 fully saturated rings. The number of nitrogens with zero attached hydrogens (tertiary/aromatic N) is 2. The number of nitrogens with one attached hydrogen (secondary N) is 2. The zero-order valence-corrected chi connectivity index (χ0v) is 13.5. The Labute approximate surface area is 135 Å². The monoisotopic (exact) mass is 334 g/mol. The summed E-state index contributed by atoms with van der Waals surface area (Å²) in [6.45, 7) is 2.41. The van der Waals surface area contributed by atoms with Crippen molar-refractivity contribution in [3.05, 3.63) is 42.2 Å². The van der Waals surface area contributed by atoms with Crippen molar-refractivity contribution in [3.8, 4) is 0 Å². The van der Waals surface area contributed by atoms with Crippen LogP contribution in [0.25, 0.3) is 0 Å². The molecule has 0 saturated carbocycles. The van der Waals surface area contributed by atoms with Crippen LogP contribution in [0.15, 0.2) is 41.6 Å². The van der Waals surface area contributed by atoms with Gasteiger partial charge >= 0.3 is 0 Å². The van der Waals surface area contributed by atoms with E-state index in [9.17, 15) is 8.42 Å². The van der Waals surface area contributed by atoms with E-state index in [0.717, 1.165) is 30.6 Å². The van der Waals surface area contributed by atoms with Crippen LogP contribution in [0.3, 0.4) is 0 Å². The maximum Gasteiger partial charge on any atom is 0.227 e. The summed E-state index contributed by atoms with van der Waals surface area (Å²) in [6, 6.07) is 7.82. The smallest absolute Gasteiger partial charge is 0.227 e. The minimum atomic E-state index is -3.28. The second-order valence-corrected chi connectivity index (χ2v) is 7.34. The van der Waals surface area contributed by atoms with Crippen LogP contribution >= 0.6 is 0 Å². The normalized spacial score (nSPS) is 18.6. The minimum Gasteiger partial charge on any atom is -0.371 e. The summed E-state index contributed by atoms with van der Waals surface area (Å²) in [5.74, 6) is 0.348. The first-order chi connectivity index (χ1) is 11.0. The van der Waals surface area contributed by atoms with Gasteiger partial charge in [0.1, 0.15) is 4.90 Å². The second kappa shape index (κ2) is 6.61. The average Bonchev–Trinajstić information content (AvgIpc) is 2.56. The van der Waals surface area contributed by atoms with Gasteiger partial charge in [0.05, 0.1) is 25.1 Å². The summed E-state index contributed by atoms with van der Waals surface area (Å²) in [5, 5.41) is 6.33. The van der Waals surface area contributed by atoms with Crippen LogP contribution in [-0.4, -0.2) is 44.3 Å². The molecule has 1 aliphatic rings. The van der Waals surface area contributed by atoms with Gasteiger partial charge in [-0.2, -0.15) is 0 Å². The molecule has 1 atom stereocenters. The molecular weight excluding hydrogens is 316 g/mol. The maximum atomic E-state index is 11.4. The highest BCUT2D eigenvalue weighted by Gasteiger charge is 2.15. The van der Waals surface area contributed by atoms with Crippen LogP contribution in [0.2, 0.25) is 0 Å². The van der Waals surface area contributed by atoms with Gasteiger partial charge in [-0.3, -0.25) is 0 Å². The highest BCUT2D eigenvalue weighted by atomic mass is 32.2. The molecule has 0 radical (unpaired) electrons. The van der Waals surface area contributed by atoms with Gasteiger partial charge in [0.2, 0.25) is 5.95 Å². The van der Waals surface area contributed by atoms with E-state index in [2.05, 4.69) is 20.6 Å². The third kappa shape index (κ3) is 4.04. The van der Waals surface area contributed by atoms with Crippen molar-refractivity contribution >= 4 is 21.5 Å². The predicted octanol–water partition coefficient (Wildman–Crippen LogP) is 1.28. The maximum absolute atomic E-state index is 11.4. The molecule has 1 unspecified atom stereocenters. The predicted molar refractivity (Wildman–Crippen MR) is 86.4 cm³/mol. The number of benzene rings is 1. The lowest BCUT2D eigenvalue weighted by atomic mass is 10.1. The lowest BCUT2D eigenvalue weighted by Gasteiger charge is -2.24. The first-order valence-corrected chi connectivity index (χ1v) is 9.13. The standard InChI is InChI=1S/C15H18N4O3S/c1-23(20,21)13-8-17-15(18-9-13)19-12-4-2-11(3-5-12)14-10-16-6-7-22-14/h2-5,8-9,14,16H,6-7,10H2,1H3,(H,17,18,19). The fraction of sp³-hybridized carbons (Fsp3) is 0.333. The molecule has 2 aromatic rings. The number of morpholine rings is 1. The van der Waals surface area contributed by atoms with Gasteiger partial charge in [0, 0.05) is 25.0 Å². The van der Waals surface area contributed by atoms with Gasteiger partial charge in [-0.15, -0.1) is 0 Å². The number of aromatic nitrogens is 2. The summed E-state index contributed by atoms with van der Waals surface area (Å²) in [7, 11) is -3.28. The van der Waals surface area contributed by atoms with Crippen molar-refractivity contribution in [2.45, 2.75) is 11.0 Å². The summed E-state index contributed by atoms with van der Waals surface area (Å²) in [5.41, 5.74) is 1.93. The molecule has 3 rings (SSSR count). The molecule has 122 valence electrons. The van der Waals surface area contributed by atoms with Gasteiger partial charge in [-0.05, 0) is 17.7 Å². The van der Waals surface area contributed by atoms with Crippen LogP contribution in [0.5, 0.6) is 0 Å². The Morgan fingerprint density at radius 1 is 1.22 bits per heavy atom. The molecule has 8 heteroatoms. The van der Waals surface area contributed by atoms with Gasteiger partial charge < -0.3 is 15.4 Å². The van der Waals surface area contributed by atoms with Crippen LogP contribution in [0.1, 0.15) is 11.7 Å². The Morgan fingerprint density at radius 3 is 2.48 bits per heavy atom. The van der Waals surface area contributed by atoms with Crippen LogP contribution < -0.4 is 10.6 Å². The van der Waals surface area contributed by atoms with Gasteiger partial charge in [0.15, 0.2) is 9.84 Å². The highest BCUT2D eigenvalue weighted by molar-refractivity contribution is 7.90. The van der Waals surface area contributed by atoms with Crippen LogP contribution in [0.4, 0.5) is 11.6 Å². The first kappa shape index (κ1) is 15.9. The summed E-state index contributed by atoms with van der Waals surface area (Å²) in [6.07, 6.45) is 3.78. The highest BCUT2D eigenvalue weighted by Crippen LogP contribution is 2.21. The van der Waals surface area contributed by atoms with E-state index in [1.54, 1.807) is 0 Å². The Hall–Kier alpha value is -2.03. The Morgan fingerprint density at radius 2 is 1.91 bits per heavy atom. The number of hydrogen-bond donors (Lipinski definition) is 2. The molecule has 0 amide bonds. The van der Waals surface area contributed by atoms with Crippen molar-refractivity contribution in [2.75, 3.05) is 31.3 Å². The molecule has 1 aromatic heterocycles. The van der Waals surface area contributed by atoms with E-state index in [-0.39, 0.29) is 11.0 Å². The minimum absolute atomic E-state index is 0.0723. The molecule has 0 bridgehead atoms. The number of anilines is 2. The van der Waals surface area contributed by atoms with E-state index in [1.165, 1.54) is 12.4 Å². The molecule has 23 heavy (non-hydrogen) atoms. The second-order valence-electron chi connectivity index (χ2n) is 5.33. The van der Waals surface area contributed by atoms with Crippen molar-refractivity contribution in [1.82, 2.24) is 15.3 Å². The lowest BCUT2D eigenvalue weighted by molar-refractivity contribution is 0.0277. The first-order valence-electron chi connectivity index (χ1n) is 7.24. The number of sulfone groups is 1. The molecule has 2 heterocycles. The van der Waals surface area contributed by atoms with Crippen molar-refractivity contribution < 1.29 is 13.2 Å². The summed E-state index contributed by atoms with van der Waals surface area (Å²) >= 11 is 0. The van der Waals surface area contributed by atoms with E-state index < -0.39 is 9.84 Å². The third-order valence-electron chi connectivity index (χ3n) is 3.52. The van der Waals surface area contributed by atoms with E-state index >= 15 is 0 Å². The molecule has 1 aliphatic heterocycles. The van der Waals surface area contributed by atoms with Crippen molar-refractivity contribution in [2.24, 2.45) is 0 Å². The topological polar surface area (TPSA) is 93.2 Å². The Kier molecular flexibility index (Phi) is 4.56. The van der Waals surface area contributed by atoms with Gasteiger partial charge in [-0.25, -0.2) is 18.4 Å². The Balaban J connectivity index is 1.68. The van der Waals surface area contributed by atoms with Crippen molar-refractivity contribution in [1.29, 1.82) is 0 Å². The fourth-order valence-electron chi connectivity index (χ4n) is 2.26. The number of hydrogen-bond acceptors (Lipinski definition) is 7. The number of ether oxygens (including phenoxy) is 1. The third-order valence-corrected chi connectivity index (χ3v) is 4.59. The molecule has 1 aromatic carbocycles. The largest absolute Gasteiger partial charge is 0.371 e. The van der Waals surface area contributed by atoms with Crippen molar-refractivity contribution in [3.63, 3.8) is 0 Å². The zero-order chi connectivity index (χ0) is 16.3. The Bertz CT molecular complexity index is 754. The molecule has 1 saturated heterocycles. The molecule has 2 N–H and O–H groups in total. The van der Waals surface area contributed by atoms with E-state index in [1.807, 2.05) is 24.3 Å². The van der Waals surface area contributed by atoms with Gasteiger partial charge in [0.25, 0.3) is 0 Å². The SMILES string of the molecule is CS(=O)(=O)c1cnc(Nc2ccc(C3CNCCO3)cc2)nc1. The van der Waals surface area contributed by atoms with Crippen LogP contribution in [-0.2, 0) is 14.6 Å².